The highest BCUT2D eigenvalue weighted by Crippen LogP contribution is 2.09. The quantitative estimate of drug-likeness (QED) is 0.838. The molecular weight excluding hydrogens is 246 g/mol. The highest BCUT2D eigenvalue weighted by molar-refractivity contribution is 5.77. The zero-order chi connectivity index (χ0) is 14.6. The van der Waals surface area contributed by atoms with Gasteiger partial charge in [0.1, 0.15) is 6.04 Å². The van der Waals surface area contributed by atoms with E-state index in [-0.39, 0.29) is 11.4 Å². The van der Waals surface area contributed by atoms with E-state index in [1.165, 1.54) is 11.1 Å². The van der Waals surface area contributed by atoms with E-state index in [0.717, 1.165) is 0 Å². The van der Waals surface area contributed by atoms with Gasteiger partial charge in [-0.3, -0.25) is 4.79 Å². The fourth-order valence-electron chi connectivity index (χ4n) is 1.98. The van der Waals surface area contributed by atoms with Crippen molar-refractivity contribution in [2.75, 3.05) is 11.9 Å². The lowest BCUT2D eigenvalue weighted by Crippen LogP contribution is -2.42. The van der Waals surface area contributed by atoms with Crippen molar-refractivity contribution in [1.29, 1.82) is 0 Å². The number of anilines is 1. The van der Waals surface area contributed by atoms with Gasteiger partial charge in [0.2, 0.25) is 0 Å². The fraction of sp³-hybridized carbons (Fsp3) is 0.615. The van der Waals surface area contributed by atoms with Crippen LogP contribution in [0.25, 0.3) is 0 Å². The van der Waals surface area contributed by atoms with Gasteiger partial charge in [0.25, 0.3) is 5.56 Å². The van der Waals surface area contributed by atoms with E-state index in [2.05, 4.69) is 4.98 Å². The number of carbonyl (C=O) groups is 1. The van der Waals surface area contributed by atoms with Crippen LogP contribution in [0.5, 0.6) is 0 Å². The van der Waals surface area contributed by atoms with Gasteiger partial charge in [-0.25, -0.2) is 9.78 Å². The van der Waals surface area contributed by atoms with Crippen molar-refractivity contribution in [2.24, 2.45) is 5.92 Å². The number of carboxylic acids is 1. The molecule has 0 saturated heterocycles. The summed E-state index contributed by atoms with van der Waals surface area (Å²) >= 11 is 0. The van der Waals surface area contributed by atoms with Gasteiger partial charge in [-0.2, -0.15) is 0 Å². The van der Waals surface area contributed by atoms with Crippen molar-refractivity contribution in [3.8, 4) is 0 Å². The second-order valence-electron chi connectivity index (χ2n) is 4.98. The molecule has 0 spiro atoms. The highest BCUT2D eigenvalue weighted by Gasteiger charge is 2.24. The van der Waals surface area contributed by atoms with Crippen LogP contribution < -0.4 is 10.5 Å². The van der Waals surface area contributed by atoms with Crippen molar-refractivity contribution in [3.05, 3.63) is 22.7 Å². The molecule has 1 aromatic rings. The number of aliphatic carboxylic acids is 1. The minimum absolute atomic E-state index is 0.178. The summed E-state index contributed by atoms with van der Waals surface area (Å²) in [5, 5.41) is 9.13. The molecule has 1 aromatic heterocycles. The number of aromatic nitrogens is 2. The molecule has 1 atom stereocenters. The van der Waals surface area contributed by atoms with Gasteiger partial charge in [0.15, 0.2) is 5.82 Å². The number of carboxylic acid groups (broad SMARTS) is 1. The SMILES string of the molecule is CCC(C(=O)O)N(C)c1nccn(CC(C)C)c1=O. The Labute approximate surface area is 112 Å². The standard InChI is InChI=1S/C13H21N3O3/c1-5-10(13(18)19)15(4)11-12(17)16(7-6-14-11)8-9(2)3/h6-7,9-10H,5,8H2,1-4H3,(H,18,19). The van der Waals surface area contributed by atoms with Crippen LogP contribution in [-0.4, -0.2) is 33.7 Å². The molecule has 1 N–H and O–H groups in total. The molecule has 0 aliphatic rings. The minimum atomic E-state index is -0.953. The zero-order valence-corrected chi connectivity index (χ0v) is 11.8. The Kier molecular flexibility index (Phi) is 5.09. The van der Waals surface area contributed by atoms with Crippen molar-refractivity contribution in [2.45, 2.75) is 39.8 Å². The summed E-state index contributed by atoms with van der Waals surface area (Å²) in [6, 6.07) is -0.741. The minimum Gasteiger partial charge on any atom is -0.480 e. The Morgan fingerprint density at radius 1 is 1.53 bits per heavy atom. The molecule has 6 heteroatoms. The van der Waals surface area contributed by atoms with E-state index in [1.54, 1.807) is 24.7 Å². The van der Waals surface area contributed by atoms with E-state index in [9.17, 15) is 9.59 Å². The van der Waals surface area contributed by atoms with Gasteiger partial charge in [-0.05, 0) is 12.3 Å². The van der Waals surface area contributed by atoms with Gasteiger partial charge < -0.3 is 14.6 Å². The molecule has 6 nitrogen and oxygen atoms in total. The Bertz CT molecular complexity index is 496. The largest absolute Gasteiger partial charge is 0.480 e. The molecule has 1 heterocycles. The fourth-order valence-corrected chi connectivity index (χ4v) is 1.98. The molecule has 106 valence electrons. The van der Waals surface area contributed by atoms with Gasteiger partial charge in [-0.1, -0.05) is 20.8 Å². The maximum atomic E-state index is 12.3. The van der Waals surface area contributed by atoms with E-state index in [0.29, 0.717) is 18.9 Å². The molecule has 1 rings (SSSR count). The average Bonchev–Trinajstić information content (AvgIpc) is 2.31. The molecule has 0 fully saturated rings. The topological polar surface area (TPSA) is 75.4 Å². The summed E-state index contributed by atoms with van der Waals surface area (Å²) in [5.41, 5.74) is -0.251. The van der Waals surface area contributed by atoms with Crippen molar-refractivity contribution in [3.63, 3.8) is 0 Å². The average molecular weight is 267 g/mol. The van der Waals surface area contributed by atoms with Crippen molar-refractivity contribution < 1.29 is 9.90 Å². The van der Waals surface area contributed by atoms with E-state index in [1.807, 2.05) is 13.8 Å². The highest BCUT2D eigenvalue weighted by atomic mass is 16.4. The normalized spacial score (nSPS) is 12.5. The summed E-state index contributed by atoms with van der Waals surface area (Å²) in [7, 11) is 1.59. The molecule has 1 unspecified atom stereocenters. The maximum Gasteiger partial charge on any atom is 0.326 e. The molecule has 0 aliphatic heterocycles. The smallest absolute Gasteiger partial charge is 0.326 e. The first-order valence-electron chi connectivity index (χ1n) is 6.39. The maximum absolute atomic E-state index is 12.3. The molecule has 0 amide bonds. The van der Waals surface area contributed by atoms with Gasteiger partial charge in [0, 0.05) is 26.0 Å². The molecule has 0 saturated carbocycles. The Morgan fingerprint density at radius 2 is 2.16 bits per heavy atom. The second kappa shape index (κ2) is 6.36. The number of hydrogen-bond acceptors (Lipinski definition) is 4. The van der Waals surface area contributed by atoms with Crippen molar-refractivity contribution in [1.82, 2.24) is 9.55 Å². The Hall–Kier alpha value is -1.85. The monoisotopic (exact) mass is 267 g/mol. The van der Waals surface area contributed by atoms with Crippen LogP contribution in [-0.2, 0) is 11.3 Å². The molecule has 0 radical (unpaired) electrons. The summed E-state index contributed by atoms with van der Waals surface area (Å²) in [4.78, 5) is 28.9. The summed E-state index contributed by atoms with van der Waals surface area (Å²) in [5.74, 6) is -0.442. The van der Waals surface area contributed by atoms with Crippen LogP contribution in [0.2, 0.25) is 0 Å². The van der Waals surface area contributed by atoms with Gasteiger partial charge in [-0.15, -0.1) is 0 Å². The number of hydrogen-bond donors (Lipinski definition) is 1. The van der Waals surface area contributed by atoms with Crippen LogP contribution in [0.3, 0.4) is 0 Å². The molecular formula is C13H21N3O3. The van der Waals surface area contributed by atoms with Crippen LogP contribution in [0.1, 0.15) is 27.2 Å². The Morgan fingerprint density at radius 3 is 2.63 bits per heavy atom. The van der Waals surface area contributed by atoms with Crippen LogP contribution in [0, 0.1) is 5.92 Å². The molecule has 0 aliphatic carbocycles. The summed E-state index contributed by atoms with van der Waals surface area (Å²) < 4.78 is 1.57. The van der Waals surface area contributed by atoms with Crippen LogP contribution >= 0.6 is 0 Å². The molecule has 19 heavy (non-hydrogen) atoms. The summed E-state index contributed by atoms with van der Waals surface area (Å²) in [6.07, 6.45) is 3.57. The summed E-state index contributed by atoms with van der Waals surface area (Å²) in [6.45, 7) is 6.39. The zero-order valence-electron chi connectivity index (χ0n) is 11.8. The lowest BCUT2D eigenvalue weighted by Gasteiger charge is -2.24. The number of rotatable bonds is 6. The lowest BCUT2D eigenvalue weighted by molar-refractivity contribution is -0.138. The second-order valence-corrected chi connectivity index (χ2v) is 4.98. The molecule has 0 aromatic carbocycles. The van der Waals surface area contributed by atoms with Gasteiger partial charge in [0.05, 0.1) is 0 Å². The van der Waals surface area contributed by atoms with E-state index in [4.69, 9.17) is 5.11 Å². The number of nitrogens with zero attached hydrogens (tertiary/aromatic N) is 3. The van der Waals surface area contributed by atoms with Gasteiger partial charge >= 0.3 is 5.97 Å². The first-order chi connectivity index (χ1) is 8.88. The number of likely N-dealkylation sites (N-methyl/N-ethyl adjacent to an activating group) is 1. The third-order valence-electron chi connectivity index (χ3n) is 2.93. The first-order valence-corrected chi connectivity index (χ1v) is 6.39. The van der Waals surface area contributed by atoms with Crippen LogP contribution in [0.15, 0.2) is 17.2 Å². The predicted molar refractivity (Wildman–Crippen MR) is 73.5 cm³/mol. The third kappa shape index (κ3) is 3.56. The lowest BCUT2D eigenvalue weighted by atomic mass is 10.2. The van der Waals surface area contributed by atoms with E-state index < -0.39 is 12.0 Å². The third-order valence-corrected chi connectivity index (χ3v) is 2.93. The van der Waals surface area contributed by atoms with E-state index >= 15 is 0 Å². The van der Waals surface area contributed by atoms with Crippen molar-refractivity contribution >= 4 is 11.8 Å². The predicted octanol–water partition coefficient (Wildman–Crippen LogP) is 1.20. The van der Waals surface area contributed by atoms with Crippen LogP contribution in [0.4, 0.5) is 5.82 Å². The molecule has 0 bridgehead atoms. The first kappa shape index (κ1) is 15.2. The Balaban J connectivity index is 3.14.